The second-order valence-electron chi connectivity index (χ2n) is 7.16. The van der Waals surface area contributed by atoms with Gasteiger partial charge in [0.05, 0.1) is 11.9 Å². The van der Waals surface area contributed by atoms with Crippen LogP contribution in [-0.4, -0.2) is 59.3 Å². The summed E-state index contributed by atoms with van der Waals surface area (Å²) in [7, 11) is -3.87. The molecule has 1 amide bonds. The summed E-state index contributed by atoms with van der Waals surface area (Å²) in [6.45, 7) is 3.45. The lowest BCUT2D eigenvalue weighted by atomic mass is 10.1. The van der Waals surface area contributed by atoms with Crippen LogP contribution in [0.2, 0.25) is 0 Å². The summed E-state index contributed by atoms with van der Waals surface area (Å²) in [5.74, 6) is -1.98. The van der Waals surface area contributed by atoms with Gasteiger partial charge >= 0.3 is 5.97 Å². The lowest BCUT2D eigenvalue weighted by Crippen LogP contribution is -2.53. The van der Waals surface area contributed by atoms with Crippen LogP contribution in [0.4, 0.5) is 0 Å². The molecule has 1 heterocycles. The second-order valence-corrected chi connectivity index (χ2v) is 9.70. The number of aliphatic carboxylic acids is 1. The van der Waals surface area contributed by atoms with E-state index in [1.165, 1.54) is 24.8 Å². The average molecular weight is 395 g/mol. The molecule has 7 nitrogen and oxygen atoms in total. The Morgan fingerprint density at radius 3 is 2.41 bits per heavy atom. The number of piperidine rings is 1. The van der Waals surface area contributed by atoms with Gasteiger partial charge in [-0.05, 0) is 43.9 Å². The zero-order valence-electron chi connectivity index (χ0n) is 15.5. The Kier molecular flexibility index (Phi) is 6.43. The molecule has 8 heteroatoms. The number of nitrogens with zero attached hydrogens (tertiary/aromatic N) is 1. The van der Waals surface area contributed by atoms with E-state index in [1.54, 1.807) is 24.3 Å². The Morgan fingerprint density at radius 2 is 1.81 bits per heavy atom. The standard InChI is InChI=1S/C19H25NO6S/c1-19(2,18(24)20-11-9-16(21)10-12-20)27(25,26)13-15-6-4-3-5-14(15)7-8-17(22)23/h3-8,16,21H,9-13H2,1-2H3,(H,22,23)/b8-7+. The highest BCUT2D eigenvalue weighted by molar-refractivity contribution is 7.92. The van der Waals surface area contributed by atoms with Gasteiger partial charge < -0.3 is 15.1 Å². The fraction of sp³-hybridized carbons (Fsp3) is 0.474. The smallest absolute Gasteiger partial charge is 0.328 e. The molecule has 0 unspecified atom stereocenters. The highest BCUT2D eigenvalue weighted by Gasteiger charge is 2.44. The van der Waals surface area contributed by atoms with Gasteiger partial charge in [0.1, 0.15) is 4.75 Å². The van der Waals surface area contributed by atoms with Crippen molar-refractivity contribution >= 4 is 27.8 Å². The average Bonchev–Trinajstić information content (AvgIpc) is 2.60. The first-order valence-electron chi connectivity index (χ1n) is 8.73. The van der Waals surface area contributed by atoms with Gasteiger partial charge in [-0.15, -0.1) is 0 Å². The van der Waals surface area contributed by atoms with Gasteiger partial charge in [0.2, 0.25) is 5.91 Å². The summed E-state index contributed by atoms with van der Waals surface area (Å²) in [6, 6.07) is 6.60. The number of aliphatic hydroxyl groups excluding tert-OH is 1. The van der Waals surface area contributed by atoms with Gasteiger partial charge in [-0.1, -0.05) is 24.3 Å². The molecule has 0 saturated carbocycles. The van der Waals surface area contributed by atoms with Crippen LogP contribution >= 0.6 is 0 Å². The van der Waals surface area contributed by atoms with Crippen molar-refractivity contribution in [1.82, 2.24) is 4.90 Å². The first-order chi connectivity index (χ1) is 12.5. The number of amides is 1. The van der Waals surface area contributed by atoms with Crippen molar-refractivity contribution < 1.29 is 28.2 Å². The number of likely N-dealkylation sites (tertiary alicyclic amines) is 1. The fourth-order valence-corrected chi connectivity index (χ4v) is 4.39. The molecule has 1 aromatic carbocycles. The minimum atomic E-state index is -3.87. The van der Waals surface area contributed by atoms with Gasteiger partial charge in [-0.2, -0.15) is 0 Å². The quantitative estimate of drug-likeness (QED) is 0.706. The largest absolute Gasteiger partial charge is 0.478 e. The van der Waals surface area contributed by atoms with Gasteiger partial charge in [0, 0.05) is 19.2 Å². The lowest BCUT2D eigenvalue weighted by Gasteiger charge is -2.35. The molecule has 1 fully saturated rings. The molecule has 1 aliphatic rings. The van der Waals surface area contributed by atoms with Crippen molar-refractivity contribution in [2.24, 2.45) is 0 Å². The van der Waals surface area contributed by atoms with E-state index in [2.05, 4.69) is 0 Å². The molecule has 1 saturated heterocycles. The molecule has 27 heavy (non-hydrogen) atoms. The first-order valence-corrected chi connectivity index (χ1v) is 10.4. The number of carbonyl (C=O) groups is 2. The maximum absolute atomic E-state index is 13.0. The number of carboxylic acid groups (broad SMARTS) is 1. The van der Waals surface area contributed by atoms with Crippen LogP contribution in [-0.2, 0) is 25.2 Å². The Hall–Kier alpha value is -2.19. The molecular weight excluding hydrogens is 370 g/mol. The van der Waals surface area contributed by atoms with Crippen molar-refractivity contribution in [1.29, 1.82) is 0 Å². The van der Waals surface area contributed by atoms with Gasteiger partial charge in [-0.25, -0.2) is 13.2 Å². The molecule has 0 aliphatic carbocycles. The lowest BCUT2D eigenvalue weighted by molar-refractivity contribution is -0.135. The maximum atomic E-state index is 13.0. The summed E-state index contributed by atoms with van der Waals surface area (Å²) >= 11 is 0. The van der Waals surface area contributed by atoms with Crippen LogP contribution in [0.5, 0.6) is 0 Å². The van der Waals surface area contributed by atoms with Crippen molar-refractivity contribution in [3.05, 3.63) is 41.5 Å². The SMILES string of the molecule is CC(C)(C(=O)N1CCC(O)CC1)S(=O)(=O)Cc1ccccc1/C=C/C(=O)O. The zero-order chi connectivity index (χ0) is 20.2. The Bertz CT molecular complexity index is 836. The second kappa shape index (κ2) is 8.22. The number of hydrogen-bond donors (Lipinski definition) is 2. The first kappa shape index (κ1) is 21.1. The molecule has 0 aromatic heterocycles. The van der Waals surface area contributed by atoms with E-state index < -0.39 is 32.6 Å². The normalized spacial score (nSPS) is 16.6. The molecule has 0 radical (unpaired) electrons. The number of benzene rings is 1. The van der Waals surface area contributed by atoms with Crippen LogP contribution in [0.1, 0.15) is 37.8 Å². The number of rotatable bonds is 6. The highest BCUT2D eigenvalue weighted by atomic mass is 32.2. The van der Waals surface area contributed by atoms with Crippen LogP contribution < -0.4 is 0 Å². The van der Waals surface area contributed by atoms with Crippen LogP contribution in [0.3, 0.4) is 0 Å². The third kappa shape index (κ3) is 4.95. The van der Waals surface area contributed by atoms with Gasteiger partial charge in [0.25, 0.3) is 0 Å². The molecule has 0 spiro atoms. The van der Waals surface area contributed by atoms with E-state index in [0.29, 0.717) is 37.1 Å². The monoisotopic (exact) mass is 395 g/mol. The van der Waals surface area contributed by atoms with Gasteiger partial charge in [-0.3, -0.25) is 4.79 Å². The molecule has 148 valence electrons. The van der Waals surface area contributed by atoms with Crippen molar-refractivity contribution in [3.8, 4) is 0 Å². The highest BCUT2D eigenvalue weighted by Crippen LogP contribution is 2.27. The van der Waals surface area contributed by atoms with E-state index in [-0.39, 0.29) is 5.75 Å². The van der Waals surface area contributed by atoms with E-state index in [1.807, 2.05) is 0 Å². The Morgan fingerprint density at radius 1 is 1.22 bits per heavy atom. The molecule has 2 rings (SSSR count). The number of hydrogen-bond acceptors (Lipinski definition) is 5. The Labute approximate surface area is 159 Å². The van der Waals surface area contributed by atoms with E-state index >= 15 is 0 Å². The van der Waals surface area contributed by atoms with Crippen LogP contribution in [0.25, 0.3) is 6.08 Å². The minimum Gasteiger partial charge on any atom is -0.478 e. The van der Waals surface area contributed by atoms with Crippen molar-refractivity contribution in [2.45, 2.75) is 43.3 Å². The van der Waals surface area contributed by atoms with Gasteiger partial charge in [0.15, 0.2) is 9.84 Å². The maximum Gasteiger partial charge on any atom is 0.328 e. The zero-order valence-corrected chi connectivity index (χ0v) is 16.3. The number of carbonyl (C=O) groups excluding carboxylic acids is 1. The van der Waals surface area contributed by atoms with Crippen molar-refractivity contribution in [3.63, 3.8) is 0 Å². The predicted molar refractivity (Wildman–Crippen MR) is 102 cm³/mol. The van der Waals surface area contributed by atoms with Crippen LogP contribution in [0, 0.1) is 0 Å². The minimum absolute atomic E-state index is 0.330. The third-order valence-electron chi connectivity index (χ3n) is 4.85. The molecule has 0 bridgehead atoms. The summed E-state index contributed by atoms with van der Waals surface area (Å²) in [5.41, 5.74) is 0.915. The molecule has 1 aliphatic heterocycles. The summed E-state index contributed by atoms with van der Waals surface area (Å²) < 4.78 is 24.4. The molecule has 0 atom stereocenters. The van der Waals surface area contributed by atoms with E-state index in [0.717, 1.165) is 6.08 Å². The van der Waals surface area contributed by atoms with E-state index in [4.69, 9.17) is 5.11 Å². The number of carboxylic acids is 1. The number of sulfone groups is 1. The molecule has 1 aromatic rings. The summed E-state index contributed by atoms with van der Waals surface area (Å²) in [6.07, 6.45) is 2.70. The fourth-order valence-electron chi connectivity index (χ4n) is 2.96. The van der Waals surface area contributed by atoms with Crippen LogP contribution in [0.15, 0.2) is 30.3 Å². The molecular formula is C19H25NO6S. The summed E-state index contributed by atoms with van der Waals surface area (Å²) in [4.78, 5) is 25.1. The number of aliphatic hydroxyl groups is 1. The molecule has 2 N–H and O–H groups in total. The Balaban J connectivity index is 2.25. The third-order valence-corrected chi connectivity index (χ3v) is 7.27. The predicted octanol–water partition coefficient (Wildman–Crippen LogP) is 1.46. The summed E-state index contributed by atoms with van der Waals surface area (Å²) in [5, 5.41) is 18.4. The van der Waals surface area contributed by atoms with E-state index in [9.17, 15) is 23.1 Å². The topological polar surface area (TPSA) is 112 Å². The van der Waals surface area contributed by atoms with Crippen molar-refractivity contribution in [2.75, 3.05) is 13.1 Å².